The van der Waals surface area contributed by atoms with Gasteiger partial charge in [0.2, 0.25) is 5.89 Å². The standard InChI is InChI=1S/C13H13N3O2S/c1-3-17-11-6-4-10(5-7-11)12-15-16-13(18-12)19-9(2)8-14/h4-7,9H,3H2,1-2H3/t9-/m0/s1. The Labute approximate surface area is 115 Å². The summed E-state index contributed by atoms with van der Waals surface area (Å²) in [5, 5.41) is 16.8. The van der Waals surface area contributed by atoms with Crippen LogP contribution in [0.3, 0.4) is 0 Å². The summed E-state index contributed by atoms with van der Waals surface area (Å²) < 4.78 is 10.9. The monoisotopic (exact) mass is 275 g/mol. The minimum absolute atomic E-state index is 0.214. The van der Waals surface area contributed by atoms with Gasteiger partial charge in [-0.15, -0.1) is 10.2 Å². The van der Waals surface area contributed by atoms with Crippen molar-refractivity contribution in [2.75, 3.05) is 6.61 Å². The minimum Gasteiger partial charge on any atom is -0.494 e. The third-order valence-electron chi connectivity index (χ3n) is 2.28. The average molecular weight is 275 g/mol. The highest BCUT2D eigenvalue weighted by atomic mass is 32.2. The quantitative estimate of drug-likeness (QED) is 0.780. The van der Waals surface area contributed by atoms with Gasteiger partial charge >= 0.3 is 0 Å². The van der Waals surface area contributed by atoms with Crippen LogP contribution in [0, 0.1) is 11.3 Å². The third kappa shape index (κ3) is 3.48. The van der Waals surface area contributed by atoms with Crippen LogP contribution in [0.25, 0.3) is 11.5 Å². The van der Waals surface area contributed by atoms with Crippen LogP contribution in [0.5, 0.6) is 5.75 Å². The molecule has 0 N–H and O–H groups in total. The number of aromatic nitrogens is 2. The molecule has 0 radical (unpaired) electrons. The molecule has 5 nitrogen and oxygen atoms in total. The van der Waals surface area contributed by atoms with E-state index >= 15 is 0 Å². The van der Waals surface area contributed by atoms with Crippen LogP contribution in [0.4, 0.5) is 0 Å². The fraction of sp³-hybridized carbons (Fsp3) is 0.308. The zero-order valence-corrected chi connectivity index (χ0v) is 11.5. The molecule has 0 amide bonds. The van der Waals surface area contributed by atoms with Gasteiger partial charge in [-0.05, 0) is 49.9 Å². The average Bonchev–Trinajstić information content (AvgIpc) is 2.88. The first-order chi connectivity index (χ1) is 9.22. The van der Waals surface area contributed by atoms with Gasteiger partial charge < -0.3 is 9.15 Å². The Balaban J connectivity index is 2.12. The lowest BCUT2D eigenvalue weighted by atomic mass is 10.2. The highest BCUT2D eigenvalue weighted by Gasteiger charge is 2.12. The maximum absolute atomic E-state index is 8.73. The molecular formula is C13H13N3O2S. The van der Waals surface area contributed by atoms with Crippen molar-refractivity contribution in [1.29, 1.82) is 5.26 Å². The number of nitriles is 1. The smallest absolute Gasteiger partial charge is 0.278 e. The fourth-order valence-electron chi connectivity index (χ4n) is 1.41. The van der Waals surface area contributed by atoms with Crippen molar-refractivity contribution in [2.45, 2.75) is 24.3 Å². The van der Waals surface area contributed by atoms with Crippen molar-refractivity contribution in [2.24, 2.45) is 0 Å². The van der Waals surface area contributed by atoms with E-state index < -0.39 is 0 Å². The number of ether oxygens (including phenoxy) is 1. The van der Waals surface area contributed by atoms with Crippen LogP contribution in [0.2, 0.25) is 0 Å². The summed E-state index contributed by atoms with van der Waals surface area (Å²) in [4.78, 5) is 0. The van der Waals surface area contributed by atoms with Crippen LogP contribution in [0.1, 0.15) is 13.8 Å². The summed E-state index contributed by atoms with van der Waals surface area (Å²) in [5.74, 6) is 1.24. The number of thioether (sulfide) groups is 1. The molecule has 19 heavy (non-hydrogen) atoms. The molecule has 2 aromatic rings. The van der Waals surface area contributed by atoms with E-state index in [1.165, 1.54) is 11.8 Å². The zero-order chi connectivity index (χ0) is 13.7. The number of rotatable bonds is 5. The second-order valence-electron chi connectivity index (χ2n) is 3.72. The largest absolute Gasteiger partial charge is 0.494 e. The van der Waals surface area contributed by atoms with Gasteiger partial charge in [-0.3, -0.25) is 0 Å². The minimum atomic E-state index is -0.214. The molecule has 0 aliphatic rings. The summed E-state index contributed by atoms with van der Waals surface area (Å²) in [6.45, 7) is 4.35. The van der Waals surface area contributed by atoms with Crippen molar-refractivity contribution >= 4 is 11.8 Å². The Morgan fingerprint density at radius 1 is 1.37 bits per heavy atom. The highest BCUT2D eigenvalue weighted by Crippen LogP contribution is 2.26. The number of hydrogen-bond donors (Lipinski definition) is 0. The SMILES string of the molecule is CCOc1ccc(-c2nnc(S[C@@H](C)C#N)o2)cc1. The molecule has 6 heteroatoms. The lowest BCUT2D eigenvalue weighted by molar-refractivity contribution is 0.340. The molecule has 1 aromatic carbocycles. The Morgan fingerprint density at radius 2 is 2.11 bits per heavy atom. The molecule has 1 aromatic heterocycles. The molecule has 0 unspecified atom stereocenters. The van der Waals surface area contributed by atoms with Gasteiger partial charge in [0.1, 0.15) is 5.75 Å². The van der Waals surface area contributed by atoms with E-state index in [1.807, 2.05) is 31.2 Å². The van der Waals surface area contributed by atoms with Crippen molar-refractivity contribution in [3.8, 4) is 23.3 Å². The first-order valence-electron chi connectivity index (χ1n) is 5.86. The van der Waals surface area contributed by atoms with Crippen LogP contribution >= 0.6 is 11.8 Å². The first-order valence-corrected chi connectivity index (χ1v) is 6.74. The van der Waals surface area contributed by atoms with Gasteiger partial charge in [0.25, 0.3) is 5.22 Å². The molecule has 2 rings (SSSR count). The molecule has 0 aliphatic carbocycles. The molecule has 1 atom stereocenters. The lowest BCUT2D eigenvalue weighted by Crippen LogP contribution is -1.90. The fourth-order valence-corrected chi connectivity index (χ4v) is 1.98. The van der Waals surface area contributed by atoms with Crippen molar-refractivity contribution in [3.05, 3.63) is 24.3 Å². The Bertz CT molecular complexity index is 574. The zero-order valence-electron chi connectivity index (χ0n) is 10.7. The summed E-state index contributed by atoms with van der Waals surface area (Å²) in [5.41, 5.74) is 0.826. The maximum atomic E-state index is 8.73. The van der Waals surface area contributed by atoms with Gasteiger partial charge in [-0.25, -0.2) is 0 Å². The van der Waals surface area contributed by atoms with Crippen LogP contribution in [-0.4, -0.2) is 22.1 Å². The van der Waals surface area contributed by atoms with Gasteiger partial charge in [0.15, 0.2) is 0 Å². The van der Waals surface area contributed by atoms with E-state index in [1.54, 1.807) is 6.92 Å². The number of benzene rings is 1. The van der Waals surface area contributed by atoms with Crippen molar-refractivity contribution in [3.63, 3.8) is 0 Å². The third-order valence-corrected chi connectivity index (χ3v) is 3.10. The number of hydrogen-bond acceptors (Lipinski definition) is 6. The predicted molar refractivity (Wildman–Crippen MR) is 71.8 cm³/mol. The topological polar surface area (TPSA) is 71.9 Å². The van der Waals surface area contributed by atoms with Crippen LogP contribution in [0.15, 0.2) is 33.9 Å². The highest BCUT2D eigenvalue weighted by molar-refractivity contribution is 7.99. The van der Waals surface area contributed by atoms with Gasteiger partial charge in [-0.2, -0.15) is 5.26 Å². The molecule has 0 spiro atoms. The Hall–Kier alpha value is -2.00. The molecular weight excluding hydrogens is 262 g/mol. The van der Waals surface area contributed by atoms with E-state index in [-0.39, 0.29) is 5.25 Å². The first kappa shape index (κ1) is 13.4. The molecule has 0 fully saturated rings. The van der Waals surface area contributed by atoms with E-state index in [2.05, 4.69) is 16.3 Å². The lowest BCUT2D eigenvalue weighted by Gasteiger charge is -2.02. The molecule has 1 heterocycles. The van der Waals surface area contributed by atoms with E-state index in [0.717, 1.165) is 11.3 Å². The molecule has 0 aliphatic heterocycles. The van der Waals surface area contributed by atoms with E-state index in [9.17, 15) is 0 Å². The number of nitrogens with zero attached hydrogens (tertiary/aromatic N) is 3. The van der Waals surface area contributed by atoms with Crippen molar-refractivity contribution in [1.82, 2.24) is 10.2 Å². The second-order valence-corrected chi connectivity index (χ2v) is 5.01. The van der Waals surface area contributed by atoms with Gasteiger partial charge in [0.05, 0.1) is 17.9 Å². The van der Waals surface area contributed by atoms with Crippen LogP contribution < -0.4 is 4.74 Å². The predicted octanol–water partition coefficient (Wildman–Crippen LogP) is 3.14. The summed E-state index contributed by atoms with van der Waals surface area (Å²) in [6.07, 6.45) is 0. The van der Waals surface area contributed by atoms with E-state index in [4.69, 9.17) is 14.4 Å². The second kappa shape index (κ2) is 6.25. The molecule has 0 saturated heterocycles. The summed E-state index contributed by atoms with van der Waals surface area (Å²) in [6, 6.07) is 9.54. The van der Waals surface area contributed by atoms with Crippen molar-refractivity contribution < 1.29 is 9.15 Å². The van der Waals surface area contributed by atoms with E-state index in [0.29, 0.717) is 17.7 Å². The molecule has 0 bridgehead atoms. The Kier molecular flexibility index (Phi) is 4.42. The normalized spacial score (nSPS) is 11.8. The summed E-state index contributed by atoms with van der Waals surface area (Å²) in [7, 11) is 0. The Morgan fingerprint density at radius 3 is 2.74 bits per heavy atom. The van der Waals surface area contributed by atoms with Crippen LogP contribution in [-0.2, 0) is 0 Å². The maximum Gasteiger partial charge on any atom is 0.278 e. The molecule has 0 saturated carbocycles. The van der Waals surface area contributed by atoms with Gasteiger partial charge in [0, 0.05) is 5.56 Å². The molecule has 98 valence electrons. The van der Waals surface area contributed by atoms with Gasteiger partial charge in [-0.1, -0.05) is 0 Å². The summed E-state index contributed by atoms with van der Waals surface area (Å²) >= 11 is 1.24.